The van der Waals surface area contributed by atoms with Crippen LogP contribution in [0.5, 0.6) is 11.5 Å². The summed E-state index contributed by atoms with van der Waals surface area (Å²) in [4.78, 5) is 0. The highest BCUT2D eigenvalue weighted by molar-refractivity contribution is 5.39. The highest BCUT2D eigenvalue weighted by atomic mass is 16.5. The number of aryl methyl sites for hydroxylation is 1. The molecule has 0 aliphatic rings. The summed E-state index contributed by atoms with van der Waals surface area (Å²) in [5.41, 5.74) is 3.68. The minimum Gasteiger partial charge on any atom is -0.497 e. The molecule has 0 heterocycles. The van der Waals surface area contributed by atoms with Crippen molar-refractivity contribution in [2.45, 2.75) is 13.3 Å². The fourth-order valence-corrected chi connectivity index (χ4v) is 1.95. The molecule has 94 valence electrons. The van der Waals surface area contributed by atoms with E-state index in [1.807, 2.05) is 12.1 Å². The lowest BCUT2D eigenvalue weighted by atomic mass is 10.0. The normalized spacial score (nSPS) is 10.2. The summed E-state index contributed by atoms with van der Waals surface area (Å²) in [7, 11) is 3.39. The Morgan fingerprint density at radius 3 is 2.11 bits per heavy atom. The zero-order valence-electron chi connectivity index (χ0n) is 11.1. The van der Waals surface area contributed by atoms with Crippen LogP contribution in [-0.4, -0.2) is 14.2 Å². The van der Waals surface area contributed by atoms with Gasteiger partial charge in [0.05, 0.1) is 14.2 Å². The van der Waals surface area contributed by atoms with Gasteiger partial charge in [-0.05, 0) is 48.2 Å². The smallest absolute Gasteiger partial charge is 0.122 e. The van der Waals surface area contributed by atoms with Crippen molar-refractivity contribution in [3.8, 4) is 11.5 Å². The van der Waals surface area contributed by atoms with Gasteiger partial charge in [0.15, 0.2) is 0 Å². The largest absolute Gasteiger partial charge is 0.497 e. The van der Waals surface area contributed by atoms with Crippen molar-refractivity contribution in [3.63, 3.8) is 0 Å². The third-order valence-electron chi connectivity index (χ3n) is 3.04. The Morgan fingerprint density at radius 2 is 1.50 bits per heavy atom. The molecule has 2 heteroatoms. The van der Waals surface area contributed by atoms with Gasteiger partial charge in [-0.15, -0.1) is 0 Å². The first kappa shape index (κ1) is 12.5. The Bertz CT molecular complexity index is 515. The Hall–Kier alpha value is -1.96. The molecule has 0 aliphatic heterocycles. The SMILES string of the molecule is COc1ccc(Cc2ccc(C)c(OC)c2)cc1. The first-order valence-electron chi connectivity index (χ1n) is 5.99. The second kappa shape index (κ2) is 5.58. The highest BCUT2D eigenvalue weighted by Crippen LogP contribution is 2.21. The Kier molecular flexibility index (Phi) is 3.88. The van der Waals surface area contributed by atoms with Crippen LogP contribution < -0.4 is 9.47 Å². The third kappa shape index (κ3) is 2.83. The lowest BCUT2D eigenvalue weighted by Crippen LogP contribution is -1.92. The van der Waals surface area contributed by atoms with Crippen LogP contribution >= 0.6 is 0 Å². The molecule has 18 heavy (non-hydrogen) atoms. The summed E-state index contributed by atoms with van der Waals surface area (Å²) < 4.78 is 10.5. The van der Waals surface area contributed by atoms with Crippen LogP contribution in [0.1, 0.15) is 16.7 Å². The minimum absolute atomic E-state index is 0.889. The topological polar surface area (TPSA) is 18.5 Å². The van der Waals surface area contributed by atoms with E-state index in [1.54, 1.807) is 14.2 Å². The number of ether oxygens (including phenoxy) is 2. The molecule has 0 fully saturated rings. The van der Waals surface area contributed by atoms with Gasteiger partial charge >= 0.3 is 0 Å². The van der Waals surface area contributed by atoms with Crippen molar-refractivity contribution in [2.75, 3.05) is 14.2 Å². The maximum atomic E-state index is 5.34. The van der Waals surface area contributed by atoms with E-state index >= 15 is 0 Å². The molecular weight excluding hydrogens is 224 g/mol. The fraction of sp³-hybridized carbons (Fsp3) is 0.250. The van der Waals surface area contributed by atoms with Crippen LogP contribution in [0.25, 0.3) is 0 Å². The molecular formula is C16H18O2. The number of rotatable bonds is 4. The second-order valence-corrected chi connectivity index (χ2v) is 4.33. The molecule has 0 unspecified atom stereocenters. The first-order valence-corrected chi connectivity index (χ1v) is 5.99. The van der Waals surface area contributed by atoms with E-state index in [0.29, 0.717) is 0 Å². The van der Waals surface area contributed by atoms with Crippen LogP contribution in [-0.2, 0) is 6.42 Å². The van der Waals surface area contributed by atoms with E-state index in [-0.39, 0.29) is 0 Å². The predicted molar refractivity (Wildman–Crippen MR) is 73.5 cm³/mol. The molecule has 2 aromatic carbocycles. The quantitative estimate of drug-likeness (QED) is 0.815. The lowest BCUT2D eigenvalue weighted by molar-refractivity contribution is 0.411. The van der Waals surface area contributed by atoms with Gasteiger partial charge in [0.2, 0.25) is 0 Å². The predicted octanol–water partition coefficient (Wildman–Crippen LogP) is 3.60. The maximum Gasteiger partial charge on any atom is 0.122 e. The number of benzene rings is 2. The van der Waals surface area contributed by atoms with Crippen molar-refractivity contribution in [1.82, 2.24) is 0 Å². The van der Waals surface area contributed by atoms with Crippen molar-refractivity contribution in [3.05, 3.63) is 59.2 Å². The molecule has 0 aliphatic carbocycles. The summed E-state index contributed by atoms with van der Waals surface area (Å²) >= 11 is 0. The van der Waals surface area contributed by atoms with Gasteiger partial charge in [-0.25, -0.2) is 0 Å². The second-order valence-electron chi connectivity index (χ2n) is 4.33. The van der Waals surface area contributed by atoms with E-state index in [9.17, 15) is 0 Å². The van der Waals surface area contributed by atoms with E-state index in [0.717, 1.165) is 23.5 Å². The number of hydrogen-bond donors (Lipinski definition) is 0. The minimum atomic E-state index is 0.889. The van der Waals surface area contributed by atoms with Crippen molar-refractivity contribution < 1.29 is 9.47 Å². The summed E-state index contributed by atoms with van der Waals surface area (Å²) in [6.45, 7) is 2.05. The average molecular weight is 242 g/mol. The van der Waals surface area contributed by atoms with Gasteiger partial charge in [-0.3, -0.25) is 0 Å². The summed E-state index contributed by atoms with van der Waals surface area (Å²) in [5, 5.41) is 0. The van der Waals surface area contributed by atoms with E-state index in [2.05, 4.69) is 37.3 Å². The number of methoxy groups -OCH3 is 2. The standard InChI is InChI=1S/C16H18O2/c1-12-4-5-14(11-16(12)18-3)10-13-6-8-15(17-2)9-7-13/h4-9,11H,10H2,1-3H3. The van der Waals surface area contributed by atoms with Gasteiger partial charge in [0, 0.05) is 0 Å². The molecule has 0 N–H and O–H groups in total. The molecule has 2 nitrogen and oxygen atoms in total. The maximum absolute atomic E-state index is 5.34. The fourth-order valence-electron chi connectivity index (χ4n) is 1.95. The lowest BCUT2D eigenvalue weighted by Gasteiger charge is -2.08. The van der Waals surface area contributed by atoms with Crippen LogP contribution in [0, 0.1) is 6.92 Å². The monoisotopic (exact) mass is 242 g/mol. The molecule has 0 radical (unpaired) electrons. The summed E-state index contributed by atoms with van der Waals surface area (Å²) in [5.74, 6) is 1.83. The van der Waals surface area contributed by atoms with Crippen molar-refractivity contribution in [1.29, 1.82) is 0 Å². The van der Waals surface area contributed by atoms with Crippen LogP contribution in [0.15, 0.2) is 42.5 Å². The summed E-state index contributed by atoms with van der Waals surface area (Å²) in [6, 6.07) is 14.5. The zero-order valence-corrected chi connectivity index (χ0v) is 11.1. The molecule has 0 saturated carbocycles. The van der Waals surface area contributed by atoms with E-state index in [1.165, 1.54) is 11.1 Å². The van der Waals surface area contributed by atoms with E-state index < -0.39 is 0 Å². The van der Waals surface area contributed by atoms with Crippen molar-refractivity contribution in [2.24, 2.45) is 0 Å². The molecule has 0 aromatic heterocycles. The van der Waals surface area contributed by atoms with Gasteiger partial charge in [-0.2, -0.15) is 0 Å². The summed E-state index contributed by atoms with van der Waals surface area (Å²) in [6.07, 6.45) is 0.903. The Balaban J connectivity index is 2.17. The van der Waals surface area contributed by atoms with Crippen molar-refractivity contribution >= 4 is 0 Å². The molecule has 0 amide bonds. The molecule has 0 saturated heterocycles. The van der Waals surface area contributed by atoms with Crippen LogP contribution in [0.2, 0.25) is 0 Å². The van der Waals surface area contributed by atoms with Gasteiger partial charge < -0.3 is 9.47 Å². The molecule has 2 rings (SSSR count). The molecule has 0 atom stereocenters. The van der Waals surface area contributed by atoms with Gasteiger partial charge in [0.1, 0.15) is 11.5 Å². The van der Waals surface area contributed by atoms with Gasteiger partial charge in [-0.1, -0.05) is 24.3 Å². The zero-order chi connectivity index (χ0) is 13.0. The third-order valence-corrected chi connectivity index (χ3v) is 3.04. The first-order chi connectivity index (χ1) is 8.72. The van der Waals surface area contributed by atoms with Crippen LogP contribution in [0.4, 0.5) is 0 Å². The Morgan fingerprint density at radius 1 is 0.833 bits per heavy atom. The molecule has 0 spiro atoms. The Labute approximate surface area is 108 Å². The highest BCUT2D eigenvalue weighted by Gasteiger charge is 2.02. The average Bonchev–Trinajstić information content (AvgIpc) is 2.42. The molecule has 2 aromatic rings. The van der Waals surface area contributed by atoms with E-state index in [4.69, 9.17) is 9.47 Å². The van der Waals surface area contributed by atoms with Gasteiger partial charge in [0.25, 0.3) is 0 Å². The molecule has 0 bridgehead atoms. The van der Waals surface area contributed by atoms with Crippen LogP contribution in [0.3, 0.4) is 0 Å². The number of hydrogen-bond acceptors (Lipinski definition) is 2.